The summed E-state index contributed by atoms with van der Waals surface area (Å²) in [4.78, 5) is 46.4. The Labute approximate surface area is 203 Å². The fourth-order valence-electron chi connectivity index (χ4n) is 4.32. The third kappa shape index (κ3) is 5.06. The van der Waals surface area contributed by atoms with Crippen molar-refractivity contribution in [3.8, 4) is 0 Å². The number of hydrogen-bond acceptors (Lipinski definition) is 4. The van der Waals surface area contributed by atoms with Crippen LogP contribution in [0.2, 0.25) is 5.02 Å². The topological polar surface area (TPSA) is 82.6 Å². The number of anilines is 1. The zero-order chi connectivity index (χ0) is 24.6. The maximum atomic E-state index is 13.8. The van der Waals surface area contributed by atoms with Gasteiger partial charge in [-0.15, -0.1) is 0 Å². The third-order valence-corrected chi connectivity index (χ3v) is 6.66. The number of aromatic nitrogens is 1. The number of halogens is 2. The van der Waals surface area contributed by atoms with Gasteiger partial charge in [0.15, 0.2) is 0 Å². The Morgan fingerprint density at radius 2 is 1.82 bits per heavy atom. The lowest BCUT2D eigenvalue weighted by Crippen LogP contribution is -2.59. The van der Waals surface area contributed by atoms with Gasteiger partial charge >= 0.3 is 11.8 Å². The van der Waals surface area contributed by atoms with Crippen LogP contribution >= 0.6 is 11.6 Å². The number of nitrogens with one attached hydrogen (secondary N) is 1. The molecule has 1 aliphatic heterocycles. The number of amides is 3. The quantitative estimate of drug-likeness (QED) is 0.658. The summed E-state index contributed by atoms with van der Waals surface area (Å²) in [7, 11) is 0. The van der Waals surface area contributed by atoms with Crippen molar-refractivity contribution in [2.45, 2.75) is 51.6 Å². The number of hydrogen-bond donors (Lipinski definition) is 1. The van der Waals surface area contributed by atoms with Crippen molar-refractivity contribution in [2.24, 2.45) is 5.92 Å². The van der Waals surface area contributed by atoms with E-state index in [9.17, 15) is 18.8 Å². The van der Waals surface area contributed by atoms with Gasteiger partial charge in [-0.3, -0.25) is 19.4 Å². The number of piperazine rings is 1. The summed E-state index contributed by atoms with van der Waals surface area (Å²) in [6, 6.07) is 5.10. The van der Waals surface area contributed by atoms with Gasteiger partial charge in [0.05, 0.1) is 22.9 Å². The Morgan fingerprint density at radius 3 is 2.47 bits per heavy atom. The molecule has 1 saturated heterocycles. The van der Waals surface area contributed by atoms with E-state index in [0.717, 1.165) is 18.4 Å². The van der Waals surface area contributed by atoms with Crippen LogP contribution in [0.5, 0.6) is 0 Å². The summed E-state index contributed by atoms with van der Waals surface area (Å²) in [5.41, 5.74) is 2.06. The molecule has 4 rings (SSSR count). The number of nitrogens with zero attached hydrogens (tertiary/aromatic N) is 3. The van der Waals surface area contributed by atoms with E-state index >= 15 is 0 Å². The number of rotatable bonds is 4. The zero-order valence-electron chi connectivity index (χ0n) is 19.4. The predicted octanol–water partition coefficient (Wildman–Crippen LogP) is 4.15. The standard InChI is InChI=1S/C25H28ClFN4O3/c1-14(2)24(33)30-13-22(17-6-7-21(27)20(26)9-17)31(12-15(30)3)25(34)23(32)29-19-8-18(10-28-11-19)16-4-5-16/h6-11,14-16,22H,4-5,12-13H2,1-3H3,(H,29,32)/t15-,22-/m1/s1. The second-order valence-corrected chi connectivity index (χ2v) is 9.78. The van der Waals surface area contributed by atoms with Crippen LogP contribution < -0.4 is 5.32 Å². The van der Waals surface area contributed by atoms with Crippen molar-refractivity contribution in [1.82, 2.24) is 14.8 Å². The Hall–Kier alpha value is -3.00. The SMILES string of the molecule is CC(C)C(=O)N1C[C@H](c2ccc(F)c(Cl)c2)N(C(=O)C(=O)Nc2cncc(C3CC3)c2)C[C@H]1C. The largest absolute Gasteiger partial charge is 0.336 e. The molecule has 180 valence electrons. The molecule has 2 fully saturated rings. The van der Waals surface area contributed by atoms with E-state index in [0.29, 0.717) is 17.2 Å². The van der Waals surface area contributed by atoms with Crippen LogP contribution in [-0.2, 0) is 14.4 Å². The molecule has 0 bridgehead atoms. The molecular formula is C25H28ClFN4O3. The van der Waals surface area contributed by atoms with Gasteiger partial charge in [-0.1, -0.05) is 31.5 Å². The Kier molecular flexibility index (Phi) is 6.89. The highest BCUT2D eigenvalue weighted by Crippen LogP contribution is 2.40. The minimum absolute atomic E-state index is 0.0507. The highest BCUT2D eigenvalue weighted by molar-refractivity contribution is 6.39. The molecule has 0 unspecified atom stereocenters. The number of carbonyl (C=O) groups excluding carboxylic acids is 3. The second kappa shape index (κ2) is 9.70. The summed E-state index contributed by atoms with van der Waals surface area (Å²) in [6.07, 6.45) is 5.47. The van der Waals surface area contributed by atoms with E-state index < -0.39 is 23.7 Å². The maximum Gasteiger partial charge on any atom is 0.313 e. The van der Waals surface area contributed by atoms with E-state index in [4.69, 9.17) is 11.6 Å². The predicted molar refractivity (Wildman–Crippen MR) is 127 cm³/mol. The molecular weight excluding hydrogens is 459 g/mol. The van der Waals surface area contributed by atoms with Gasteiger partial charge in [0.25, 0.3) is 0 Å². The first-order valence-corrected chi connectivity index (χ1v) is 11.9. The summed E-state index contributed by atoms with van der Waals surface area (Å²) >= 11 is 6.01. The van der Waals surface area contributed by atoms with Crippen molar-refractivity contribution >= 4 is 35.0 Å². The van der Waals surface area contributed by atoms with Crippen LogP contribution in [0.15, 0.2) is 36.7 Å². The number of pyridine rings is 1. The van der Waals surface area contributed by atoms with E-state index in [1.54, 1.807) is 11.1 Å². The number of benzene rings is 1. The maximum absolute atomic E-state index is 13.8. The fourth-order valence-corrected chi connectivity index (χ4v) is 4.51. The molecule has 9 heteroatoms. The van der Waals surface area contributed by atoms with Gasteiger partial charge in [-0.05, 0) is 55.0 Å². The lowest BCUT2D eigenvalue weighted by atomic mass is 9.98. The van der Waals surface area contributed by atoms with Crippen molar-refractivity contribution < 1.29 is 18.8 Å². The average molecular weight is 487 g/mol. The molecule has 3 amide bonds. The first kappa shape index (κ1) is 24.1. The lowest BCUT2D eigenvalue weighted by molar-refractivity contribution is -0.152. The van der Waals surface area contributed by atoms with Crippen LogP contribution in [0, 0.1) is 11.7 Å². The highest BCUT2D eigenvalue weighted by atomic mass is 35.5. The smallest absolute Gasteiger partial charge is 0.313 e. The molecule has 34 heavy (non-hydrogen) atoms. The van der Waals surface area contributed by atoms with Gasteiger partial charge in [0.2, 0.25) is 5.91 Å². The Morgan fingerprint density at radius 1 is 1.09 bits per heavy atom. The lowest BCUT2D eigenvalue weighted by Gasteiger charge is -2.45. The minimum atomic E-state index is -0.788. The van der Waals surface area contributed by atoms with Crippen molar-refractivity contribution in [1.29, 1.82) is 0 Å². The normalized spacial score (nSPS) is 20.4. The first-order chi connectivity index (χ1) is 16.2. The van der Waals surface area contributed by atoms with Crippen LogP contribution in [-0.4, -0.2) is 51.6 Å². The van der Waals surface area contributed by atoms with Crippen LogP contribution in [0.1, 0.15) is 56.7 Å². The number of carbonyl (C=O) groups is 3. The molecule has 0 radical (unpaired) electrons. The molecule has 2 atom stereocenters. The average Bonchev–Trinajstić information content (AvgIpc) is 3.65. The highest BCUT2D eigenvalue weighted by Gasteiger charge is 2.40. The Balaban J connectivity index is 1.59. The van der Waals surface area contributed by atoms with E-state index in [1.807, 2.05) is 26.8 Å². The van der Waals surface area contributed by atoms with Crippen molar-refractivity contribution in [3.05, 3.63) is 58.6 Å². The molecule has 0 spiro atoms. The van der Waals surface area contributed by atoms with Gasteiger partial charge in [0, 0.05) is 31.2 Å². The molecule has 1 aliphatic carbocycles. The third-order valence-electron chi connectivity index (χ3n) is 6.37. The summed E-state index contributed by atoms with van der Waals surface area (Å²) in [5.74, 6) is -1.92. The van der Waals surface area contributed by atoms with Gasteiger partial charge < -0.3 is 15.1 Å². The minimum Gasteiger partial charge on any atom is -0.336 e. The van der Waals surface area contributed by atoms with Gasteiger partial charge in [0.1, 0.15) is 5.82 Å². The molecule has 1 N–H and O–H groups in total. The molecule has 2 aromatic rings. The van der Waals surface area contributed by atoms with Crippen LogP contribution in [0.4, 0.5) is 10.1 Å². The fraction of sp³-hybridized carbons (Fsp3) is 0.440. The van der Waals surface area contributed by atoms with Crippen molar-refractivity contribution in [3.63, 3.8) is 0 Å². The Bertz CT molecular complexity index is 1120. The summed E-state index contributed by atoms with van der Waals surface area (Å²) in [6.45, 7) is 5.80. The zero-order valence-corrected chi connectivity index (χ0v) is 20.2. The van der Waals surface area contributed by atoms with Crippen molar-refractivity contribution in [2.75, 3.05) is 18.4 Å². The first-order valence-electron chi connectivity index (χ1n) is 11.5. The molecule has 7 nitrogen and oxygen atoms in total. The summed E-state index contributed by atoms with van der Waals surface area (Å²) < 4.78 is 13.8. The second-order valence-electron chi connectivity index (χ2n) is 9.38. The van der Waals surface area contributed by atoms with Gasteiger partial charge in [-0.25, -0.2) is 4.39 Å². The van der Waals surface area contributed by atoms with E-state index in [-0.39, 0.29) is 36.0 Å². The monoisotopic (exact) mass is 486 g/mol. The van der Waals surface area contributed by atoms with Gasteiger partial charge in [-0.2, -0.15) is 0 Å². The molecule has 1 saturated carbocycles. The molecule has 2 heterocycles. The molecule has 1 aromatic carbocycles. The van der Waals surface area contributed by atoms with E-state index in [1.165, 1.54) is 29.3 Å². The summed E-state index contributed by atoms with van der Waals surface area (Å²) in [5, 5.41) is 2.58. The van der Waals surface area contributed by atoms with Crippen LogP contribution in [0.25, 0.3) is 0 Å². The van der Waals surface area contributed by atoms with Crippen LogP contribution in [0.3, 0.4) is 0 Å². The molecule has 1 aromatic heterocycles. The molecule has 2 aliphatic rings. The van der Waals surface area contributed by atoms with E-state index in [2.05, 4.69) is 10.3 Å².